The minimum atomic E-state index is -0.395. The molecule has 1 saturated heterocycles. The Balaban J connectivity index is 1.45. The van der Waals surface area contributed by atoms with Crippen LogP contribution in [0.4, 0.5) is 5.69 Å². The van der Waals surface area contributed by atoms with Crippen LogP contribution in [0.25, 0.3) is 0 Å². The zero-order chi connectivity index (χ0) is 21.7. The summed E-state index contributed by atoms with van der Waals surface area (Å²) in [5.74, 6) is 0.203. The predicted molar refractivity (Wildman–Crippen MR) is 113 cm³/mol. The maximum atomic E-state index is 12.5. The van der Waals surface area contributed by atoms with Crippen LogP contribution in [0.15, 0.2) is 29.1 Å². The van der Waals surface area contributed by atoms with Crippen molar-refractivity contribution in [3.05, 3.63) is 46.1 Å². The summed E-state index contributed by atoms with van der Waals surface area (Å²) < 4.78 is 0. The van der Waals surface area contributed by atoms with Crippen LogP contribution >= 0.6 is 0 Å². The van der Waals surface area contributed by atoms with Crippen LogP contribution in [-0.2, 0) is 11.3 Å². The van der Waals surface area contributed by atoms with Gasteiger partial charge in [0.15, 0.2) is 0 Å². The zero-order valence-corrected chi connectivity index (χ0v) is 17.6. The quantitative estimate of drug-likeness (QED) is 0.483. The molecule has 3 rings (SSSR count). The number of benzene rings is 1. The van der Waals surface area contributed by atoms with Gasteiger partial charge in [-0.05, 0) is 38.1 Å². The molecule has 162 valence electrons. The molecule has 1 fully saturated rings. The summed E-state index contributed by atoms with van der Waals surface area (Å²) >= 11 is 0. The fraction of sp³-hybridized carbons (Fsp3) is 0.500. The average Bonchev–Trinajstić information content (AvgIpc) is 3.30. The van der Waals surface area contributed by atoms with Crippen LogP contribution < -0.4 is 21.2 Å². The van der Waals surface area contributed by atoms with E-state index in [4.69, 9.17) is 0 Å². The van der Waals surface area contributed by atoms with Gasteiger partial charge in [0.05, 0.1) is 6.54 Å². The highest BCUT2D eigenvalue weighted by Crippen LogP contribution is 2.24. The van der Waals surface area contributed by atoms with E-state index in [0.717, 1.165) is 18.5 Å². The number of aromatic amines is 2. The lowest BCUT2D eigenvalue weighted by Crippen LogP contribution is -2.42. The number of likely N-dealkylation sites (N-methyl/N-ethyl adjacent to an activating group) is 1. The fourth-order valence-corrected chi connectivity index (χ4v) is 3.68. The molecule has 0 radical (unpaired) electrons. The maximum Gasteiger partial charge on any atom is 0.340 e. The molecular formula is C20H29N7O3. The van der Waals surface area contributed by atoms with E-state index in [1.807, 2.05) is 44.2 Å². The van der Waals surface area contributed by atoms with Gasteiger partial charge < -0.3 is 15.5 Å². The van der Waals surface area contributed by atoms with Crippen molar-refractivity contribution in [3.8, 4) is 0 Å². The summed E-state index contributed by atoms with van der Waals surface area (Å²) in [5, 5.41) is 11.8. The number of hydrogen-bond acceptors (Lipinski definition) is 6. The Morgan fingerprint density at radius 2 is 2.00 bits per heavy atom. The molecule has 1 aromatic heterocycles. The lowest BCUT2D eigenvalue weighted by Gasteiger charge is -2.25. The molecule has 0 aliphatic carbocycles. The van der Waals surface area contributed by atoms with Crippen LogP contribution in [0.3, 0.4) is 0 Å². The van der Waals surface area contributed by atoms with Crippen molar-refractivity contribution in [2.75, 3.05) is 32.6 Å². The Morgan fingerprint density at radius 3 is 2.70 bits per heavy atom. The van der Waals surface area contributed by atoms with Crippen molar-refractivity contribution in [1.82, 2.24) is 30.7 Å². The van der Waals surface area contributed by atoms with Gasteiger partial charge in [-0.3, -0.25) is 19.5 Å². The number of amides is 2. The third kappa shape index (κ3) is 5.47. The van der Waals surface area contributed by atoms with E-state index >= 15 is 0 Å². The number of nitrogens with zero attached hydrogens (tertiary/aromatic N) is 3. The first-order chi connectivity index (χ1) is 14.3. The Bertz CT molecular complexity index is 936. The summed E-state index contributed by atoms with van der Waals surface area (Å²) in [6.07, 6.45) is 2.17. The molecule has 1 aromatic carbocycles. The monoisotopic (exact) mass is 415 g/mol. The first-order valence-electron chi connectivity index (χ1n) is 10.0. The summed E-state index contributed by atoms with van der Waals surface area (Å²) in [4.78, 5) is 42.4. The maximum absolute atomic E-state index is 12.5. The predicted octanol–water partition coefficient (Wildman–Crippen LogP) is 0.0631. The van der Waals surface area contributed by atoms with Crippen LogP contribution in [0, 0.1) is 0 Å². The van der Waals surface area contributed by atoms with Crippen molar-refractivity contribution in [3.63, 3.8) is 0 Å². The first kappa shape index (κ1) is 21.6. The van der Waals surface area contributed by atoms with E-state index in [1.165, 1.54) is 0 Å². The van der Waals surface area contributed by atoms with E-state index < -0.39 is 5.69 Å². The van der Waals surface area contributed by atoms with Gasteiger partial charge in [0.1, 0.15) is 5.82 Å². The second kappa shape index (κ2) is 9.57. The third-order valence-electron chi connectivity index (χ3n) is 5.53. The molecule has 0 spiro atoms. The third-order valence-corrected chi connectivity index (χ3v) is 5.53. The summed E-state index contributed by atoms with van der Waals surface area (Å²) in [5.41, 5.74) is 1.22. The van der Waals surface area contributed by atoms with Gasteiger partial charge in [0, 0.05) is 50.4 Å². The van der Waals surface area contributed by atoms with Gasteiger partial charge in [-0.15, -0.1) is 0 Å². The average molecular weight is 415 g/mol. The fourth-order valence-electron chi connectivity index (χ4n) is 3.68. The Kier molecular flexibility index (Phi) is 6.88. The lowest BCUT2D eigenvalue weighted by atomic mass is 10.1. The number of rotatable bonds is 8. The summed E-state index contributed by atoms with van der Waals surface area (Å²) in [6, 6.07) is 7.81. The minimum Gasteiger partial charge on any atom is -0.378 e. The normalized spacial score (nSPS) is 18.9. The largest absolute Gasteiger partial charge is 0.378 e. The first-order valence-corrected chi connectivity index (χ1v) is 10.0. The Morgan fingerprint density at radius 1 is 1.23 bits per heavy atom. The highest BCUT2D eigenvalue weighted by molar-refractivity contribution is 5.95. The highest BCUT2D eigenvalue weighted by atomic mass is 16.2. The second-order valence-corrected chi connectivity index (χ2v) is 7.81. The molecule has 0 bridgehead atoms. The van der Waals surface area contributed by atoms with Crippen molar-refractivity contribution >= 4 is 17.5 Å². The molecule has 10 nitrogen and oxygen atoms in total. The summed E-state index contributed by atoms with van der Waals surface area (Å²) in [6.45, 7) is 0.716. The standard InChI is InChI=1S/C20H29N7O3/c1-26(2)14-6-4-5-13(9-14)19(29)22-11-16-8-7-15(27(16)3)10-18(28)21-12-17-23-20(30)25-24-17/h4-6,9,15-16H,7-8,10-12H2,1-3H3,(H,21,28)(H,22,29)(H2,23,24,25,30)/t15-,16+/m1/s1. The van der Waals surface area contributed by atoms with E-state index in [1.54, 1.807) is 6.07 Å². The molecule has 2 amide bonds. The van der Waals surface area contributed by atoms with Gasteiger partial charge in [-0.1, -0.05) is 6.07 Å². The number of H-pyrrole nitrogens is 2. The van der Waals surface area contributed by atoms with Crippen molar-refractivity contribution in [2.45, 2.75) is 37.9 Å². The number of aromatic nitrogens is 3. The SMILES string of the molecule is CN(C)c1cccc(C(=O)NC[C@@H]2CC[C@H](CC(=O)NCc3n[nH]c(=O)[nH]3)N2C)c1. The van der Waals surface area contributed by atoms with Crippen LogP contribution in [-0.4, -0.2) is 71.7 Å². The highest BCUT2D eigenvalue weighted by Gasteiger charge is 2.31. The van der Waals surface area contributed by atoms with Crippen molar-refractivity contribution < 1.29 is 9.59 Å². The van der Waals surface area contributed by atoms with Crippen LogP contribution in [0.2, 0.25) is 0 Å². The van der Waals surface area contributed by atoms with E-state index in [9.17, 15) is 14.4 Å². The zero-order valence-electron chi connectivity index (χ0n) is 17.6. The summed E-state index contributed by atoms with van der Waals surface area (Å²) in [7, 11) is 5.86. The molecule has 30 heavy (non-hydrogen) atoms. The molecule has 1 aliphatic rings. The number of hydrogen-bond donors (Lipinski definition) is 4. The molecular weight excluding hydrogens is 386 g/mol. The van der Waals surface area contributed by atoms with Crippen molar-refractivity contribution in [1.29, 1.82) is 0 Å². The van der Waals surface area contributed by atoms with E-state index in [-0.39, 0.29) is 30.4 Å². The number of likely N-dealkylation sites (tertiary alicyclic amines) is 1. The van der Waals surface area contributed by atoms with E-state index in [2.05, 4.69) is 30.7 Å². The lowest BCUT2D eigenvalue weighted by molar-refractivity contribution is -0.122. The van der Waals surface area contributed by atoms with Crippen molar-refractivity contribution in [2.24, 2.45) is 0 Å². The molecule has 2 heterocycles. The molecule has 2 atom stereocenters. The van der Waals surface area contributed by atoms with E-state index in [0.29, 0.717) is 24.4 Å². The topological polar surface area (TPSA) is 126 Å². The van der Waals surface area contributed by atoms with Gasteiger partial charge >= 0.3 is 5.69 Å². The molecule has 1 aliphatic heterocycles. The van der Waals surface area contributed by atoms with Gasteiger partial charge in [-0.2, -0.15) is 5.10 Å². The Labute approximate surface area is 175 Å². The number of carbonyl (C=O) groups excluding carboxylic acids is 2. The van der Waals surface area contributed by atoms with Gasteiger partial charge in [0.25, 0.3) is 5.91 Å². The second-order valence-electron chi connectivity index (χ2n) is 7.81. The minimum absolute atomic E-state index is 0.0960. The smallest absolute Gasteiger partial charge is 0.340 e. The number of anilines is 1. The molecule has 10 heteroatoms. The van der Waals surface area contributed by atoms with Gasteiger partial charge in [-0.25, -0.2) is 9.89 Å². The Hall–Kier alpha value is -3.14. The van der Waals surface area contributed by atoms with Crippen LogP contribution in [0.5, 0.6) is 0 Å². The molecule has 0 saturated carbocycles. The number of carbonyl (C=O) groups is 2. The molecule has 0 unspecified atom stereocenters. The molecule has 4 N–H and O–H groups in total. The van der Waals surface area contributed by atoms with Crippen LogP contribution in [0.1, 0.15) is 35.4 Å². The number of nitrogens with one attached hydrogen (secondary N) is 4. The van der Waals surface area contributed by atoms with Gasteiger partial charge in [0.2, 0.25) is 5.91 Å². The molecule has 2 aromatic rings.